The Morgan fingerprint density at radius 2 is 1.81 bits per heavy atom. The van der Waals surface area contributed by atoms with Gasteiger partial charge in [-0.25, -0.2) is 0 Å². The summed E-state index contributed by atoms with van der Waals surface area (Å²) < 4.78 is 0. The Labute approximate surface area is 157 Å². The van der Waals surface area contributed by atoms with Crippen molar-refractivity contribution < 1.29 is 4.79 Å². The van der Waals surface area contributed by atoms with Crippen molar-refractivity contribution in [2.24, 2.45) is 0 Å². The molecule has 3 heteroatoms. The van der Waals surface area contributed by atoms with Gasteiger partial charge in [-0.15, -0.1) is 0 Å². The summed E-state index contributed by atoms with van der Waals surface area (Å²) in [5, 5.41) is 0. The summed E-state index contributed by atoms with van der Waals surface area (Å²) in [4.78, 5) is 17.0. The number of hydrogen-bond donors (Lipinski definition) is 0. The number of nitrogens with zero attached hydrogens (tertiary/aromatic N) is 2. The first-order valence-corrected chi connectivity index (χ1v) is 9.69. The molecule has 1 unspecified atom stereocenters. The van der Waals surface area contributed by atoms with Crippen LogP contribution in [0.4, 0.5) is 0 Å². The minimum Gasteiger partial charge on any atom is -0.338 e. The lowest BCUT2D eigenvalue weighted by atomic mass is 10.1. The molecule has 0 aromatic heterocycles. The van der Waals surface area contributed by atoms with E-state index in [9.17, 15) is 4.79 Å². The predicted octanol–water partition coefficient (Wildman–Crippen LogP) is 4.05. The second-order valence-corrected chi connectivity index (χ2v) is 7.50. The molecular formula is C23H30N2O. The van der Waals surface area contributed by atoms with Gasteiger partial charge < -0.3 is 9.80 Å². The van der Waals surface area contributed by atoms with Crippen LogP contribution in [0.5, 0.6) is 0 Å². The Bertz CT molecular complexity index is 713. The fourth-order valence-corrected chi connectivity index (χ4v) is 3.79. The van der Waals surface area contributed by atoms with Crippen LogP contribution in [0.25, 0.3) is 0 Å². The van der Waals surface area contributed by atoms with Gasteiger partial charge in [-0.3, -0.25) is 4.79 Å². The lowest BCUT2D eigenvalue weighted by Gasteiger charge is -2.27. The quantitative estimate of drug-likeness (QED) is 0.785. The standard InChI is InChI=1S/C23H30N2O/c1-19-7-6-10-21(17-19)18-25-16-14-22(11-12-23(25)26)24(2)15-13-20-8-4-3-5-9-20/h3-10,17,22H,11-16,18H2,1-2H3. The molecule has 1 aliphatic heterocycles. The number of rotatable bonds is 6. The van der Waals surface area contributed by atoms with Crippen molar-refractivity contribution >= 4 is 5.91 Å². The number of carbonyl (C=O) groups excluding carboxylic acids is 1. The fraction of sp³-hybridized carbons (Fsp3) is 0.435. The van der Waals surface area contributed by atoms with Gasteiger partial charge in [0.1, 0.15) is 0 Å². The molecule has 0 radical (unpaired) electrons. The number of amides is 1. The van der Waals surface area contributed by atoms with Crippen molar-refractivity contribution in [3.05, 3.63) is 71.3 Å². The van der Waals surface area contributed by atoms with Crippen LogP contribution >= 0.6 is 0 Å². The third-order valence-corrected chi connectivity index (χ3v) is 5.45. The molecule has 0 aliphatic carbocycles. The van der Waals surface area contributed by atoms with Crippen molar-refractivity contribution in [1.29, 1.82) is 0 Å². The van der Waals surface area contributed by atoms with Gasteiger partial charge in [-0.05, 0) is 44.4 Å². The Morgan fingerprint density at radius 1 is 1.04 bits per heavy atom. The van der Waals surface area contributed by atoms with Crippen molar-refractivity contribution in [2.45, 2.75) is 45.2 Å². The van der Waals surface area contributed by atoms with Gasteiger partial charge in [0.2, 0.25) is 5.91 Å². The van der Waals surface area contributed by atoms with Crippen LogP contribution < -0.4 is 0 Å². The first-order chi connectivity index (χ1) is 12.6. The van der Waals surface area contributed by atoms with E-state index in [-0.39, 0.29) is 0 Å². The van der Waals surface area contributed by atoms with E-state index in [0.717, 1.165) is 38.9 Å². The molecule has 1 heterocycles. The normalized spacial score (nSPS) is 18.2. The van der Waals surface area contributed by atoms with E-state index in [1.54, 1.807) is 0 Å². The predicted molar refractivity (Wildman–Crippen MR) is 107 cm³/mol. The van der Waals surface area contributed by atoms with E-state index < -0.39 is 0 Å². The Hall–Kier alpha value is -2.13. The highest BCUT2D eigenvalue weighted by Crippen LogP contribution is 2.19. The first-order valence-electron chi connectivity index (χ1n) is 9.69. The van der Waals surface area contributed by atoms with Crippen LogP contribution in [-0.2, 0) is 17.8 Å². The van der Waals surface area contributed by atoms with E-state index in [2.05, 4.69) is 73.5 Å². The molecule has 1 amide bonds. The minimum atomic E-state index is 0.297. The van der Waals surface area contributed by atoms with E-state index in [1.807, 2.05) is 4.90 Å². The molecule has 0 N–H and O–H groups in total. The van der Waals surface area contributed by atoms with Crippen LogP contribution in [-0.4, -0.2) is 41.9 Å². The maximum atomic E-state index is 12.6. The molecule has 26 heavy (non-hydrogen) atoms. The zero-order chi connectivity index (χ0) is 18.4. The number of hydrogen-bond acceptors (Lipinski definition) is 2. The average molecular weight is 351 g/mol. The van der Waals surface area contributed by atoms with Crippen LogP contribution in [0.3, 0.4) is 0 Å². The third kappa shape index (κ3) is 5.18. The van der Waals surface area contributed by atoms with Gasteiger partial charge in [0.05, 0.1) is 0 Å². The van der Waals surface area contributed by atoms with Crippen LogP contribution in [0.15, 0.2) is 54.6 Å². The van der Waals surface area contributed by atoms with Gasteiger partial charge in [-0.1, -0.05) is 60.2 Å². The zero-order valence-corrected chi connectivity index (χ0v) is 16.0. The first kappa shape index (κ1) is 18.7. The number of benzene rings is 2. The van der Waals surface area contributed by atoms with E-state index in [4.69, 9.17) is 0 Å². The van der Waals surface area contributed by atoms with Crippen molar-refractivity contribution in [3.63, 3.8) is 0 Å². The second-order valence-electron chi connectivity index (χ2n) is 7.50. The van der Waals surface area contributed by atoms with Gasteiger partial charge >= 0.3 is 0 Å². The summed E-state index contributed by atoms with van der Waals surface area (Å²) in [6.07, 6.45) is 3.75. The van der Waals surface area contributed by atoms with Crippen molar-refractivity contribution in [2.75, 3.05) is 20.1 Å². The monoisotopic (exact) mass is 350 g/mol. The average Bonchev–Trinajstić information content (AvgIpc) is 2.83. The molecular weight excluding hydrogens is 320 g/mol. The second kappa shape index (κ2) is 9.00. The number of likely N-dealkylation sites (N-methyl/N-ethyl adjacent to an activating group) is 1. The highest BCUT2D eigenvalue weighted by molar-refractivity contribution is 5.76. The molecule has 3 rings (SSSR count). The Kier molecular flexibility index (Phi) is 6.45. The third-order valence-electron chi connectivity index (χ3n) is 5.45. The number of carbonyl (C=O) groups is 1. The van der Waals surface area contributed by atoms with Crippen molar-refractivity contribution in [3.8, 4) is 0 Å². The molecule has 0 bridgehead atoms. The Balaban J connectivity index is 1.53. The summed E-state index contributed by atoms with van der Waals surface area (Å²) in [5.41, 5.74) is 3.86. The SMILES string of the molecule is Cc1cccc(CN2CCC(N(C)CCc3ccccc3)CCC2=O)c1. The van der Waals surface area contributed by atoms with E-state index >= 15 is 0 Å². The lowest BCUT2D eigenvalue weighted by Crippen LogP contribution is -2.34. The van der Waals surface area contributed by atoms with Crippen LogP contribution in [0, 0.1) is 6.92 Å². The molecule has 1 fully saturated rings. The van der Waals surface area contributed by atoms with Crippen molar-refractivity contribution in [1.82, 2.24) is 9.80 Å². The summed E-state index contributed by atoms with van der Waals surface area (Å²) in [7, 11) is 2.20. The highest BCUT2D eigenvalue weighted by Gasteiger charge is 2.24. The smallest absolute Gasteiger partial charge is 0.222 e. The van der Waals surface area contributed by atoms with Gasteiger partial charge in [0, 0.05) is 32.1 Å². The van der Waals surface area contributed by atoms with E-state index in [1.165, 1.54) is 16.7 Å². The summed E-state index contributed by atoms with van der Waals surface area (Å²) in [6.45, 7) is 4.74. The fourth-order valence-electron chi connectivity index (χ4n) is 3.79. The summed E-state index contributed by atoms with van der Waals surface area (Å²) in [6, 6.07) is 19.6. The summed E-state index contributed by atoms with van der Waals surface area (Å²) in [5.74, 6) is 0.297. The molecule has 0 spiro atoms. The maximum absolute atomic E-state index is 12.6. The largest absolute Gasteiger partial charge is 0.338 e. The van der Waals surface area contributed by atoms with E-state index in [0.29, 0.717) is 18.4 Å². The van der Waals surface area contributed by atoms with Crippen LogP contribution in [0.1, 0.15) is 36.0 Å². The molecule has 1 aliphatic rings. The maximum Gasteiger partial charge on any atom is 0.222 e. The molecule has 2 aromatic carbocycles. The molecule has 138 valence electrons. The highest BCUT2D eigenvalue weighted by atomic mass is 16.2. The van der Waals surface area contributed by atoms with Gasteiger partial charge in [0.25, 0.3) is 0 Å². The molecule has 1 atom stereocenters. The minimum absolute atomic E-state index is 0.297. The van der Waals surface area contributed by atoms with Gasteiger partial charge in [0.15, 0.2) is 0 Å². The number of likely N-dealkylation sites (tertiary alicyclic amines) is 1. The molecule has 3 nitrogen and oxygen atoms in total. The zero-order valence-electron chi connectivity index (χ0n) is 16.0. The lowest BCUT2D eigenvalue weighted by molar-refractivity contribution is -0.131. The Morgan fingerprint density at radius 3 is 2.58 bits per heavy atom. The molecule has 2 aromatic rings. The topological polar surface area (TPSA) is 23.6 Å². The number of aryl methyl sites for hydroxylation is 1. The molecule has 0 saturated carbocycles. The van der Waals surface area contributed by atoms with Crippen LogP contribution in [0.2, 0.25) is 0 Å². The summed E-state index contributed by atoms with van der Waals surface area (Å²) >= 11 is 0. The van der Waals surface area contributed by atoms with Gasteiger partial charge in [-0.2, -0.15) is 0 Å². The molecule has 1 saturated heterocycles.